The molecule has 0 amide bonds. The molecule has 0 aromatic carbocycles. The largest absolute Gasteiger partial charge is 0.395 e. The summed E-state index contributed by atoms with van der Waals surface area (Å²) < 4.78 is 4.61. The van der Waals surface area contributed by atoms with Gasteiger partial charge in [-0.25, -0.2) is 19.4 Å². The van der Waals surface area contributed by atoms with Crippen LogP contribution in [0.3, 0.4) is 0 Å². The van der Waals surface area contributed by atoms with Crippen LogP contribution in [0.4, 0.5) is 0 Å². The fourth-order valence-corrected chi connectivity index (χ4v) is 3.07. The van der Waals surface area contributed by atoms with Crippen LogP contribution in [-0.2, 0) is 24.1 Å². The lowest BCUT2D eigenvalue weighted by Crippen LogP contribution is -2.78. The van der Waals surface area contributed by atoms with E-state index in [4.69, 9.17) is 10.2 Å². The molecule has 0 bridgehead atoms. The van der Waals surface area contributed by atoms with Crippen molar-refractivity contribution in [1.29, 1.82) is 0 Å². The van der Waals surface area contributed by atoms with Crippen molar-refractivity contribution in [3.63, 3.8) is 0 Å². The molecule has 12 atom stereocenters. The van der Waals surface area contributed by atoms with Crippen LogP contribution >= 0.6 is 0 Å². The summed E-state index contributed by atoms with van der Waals surface area (Å²) in [5.41, 5.74) is -4.19. The van der Waals surface area contributed by atoms with E-state index in [1.165, 1.54) is 0 Å². The summed E-state index contributed by atoms with van der Waals surface area (Å²) in [6, 6.07) is 0. The van der Waals surface area contributed by atoms with Crippen LogP contribution in [0.1, 0.15) is 0 Å². The minimum absolute atomic E-state index is 1.12. The number of carbonyl (C=O) groups is 2. The van der Waals surface area contributed by atoms with Gasteiger partial charge in [0.25, 0.3) is 5.60 Å². The highest BCUT2D eigenvalue weighted by atomic mass is 17.2. The Morgan fingerprint density at radius 1 is 0.889 bits per heavy atom. The third-order valence-corrected chi connectivity index (χ3v) is 5.48. The van der Waals surface area contributed by atoms with Crippen molar-refractivity contribution >= 4 is 11.9 Å². The van der Waals surface area contributed by atoms with E-state index in [1.807, 2.05) is 0 Å². The number of carbonyl (C=O) groups excluding carboxylic acids is 2. The first-order valence-electron chi connectivity index (χ1n) is 10.1. The number of hydrogen-bond acceptors (Lipinski definition) is 19. The normalized spacial score (nSPS) is 32.2. The second-order valence-corrected chi connectivity index (χ2v) is 7.91. The number of rotatable bonds is 11. The molecule has 0 saturated carbocycles. The van der Waals surface area contributed by atoms with Crippen LogP contribution < -0.4 is 0 Å². The van der Waals surface area contributed by atoms with Crippen molar-refractivity contribution in [3.8, 4) is 0 Å². The summed E-state index contributed by atoms with van der Waals surface area (Å²) in [5, 5.41) is 137. The summed E-state index contributed by atoms with van der Waals surface area (Å²) in [7, 11) is 0. The minimum Gasteiger partial charge on any atom is -0.394 e. The van der Waals surface area contributed by atoms with Gasteiger partial charge in [-0.05, 0) is 0 Å². The highest BCUT2D eigenvalue weighted by Gasteiger charge is 2.71. The summed E-state index contributed by atoms with van der Waals surface area (Å²) in [5.74, 6) is -8.49. The Morgan fingerprint density at radius 3 is 1.89 bits per heavy atom. The Bertz CT molecular complexity index is 737. The SMILES string of the molecule is O=C(OOC(=O)C(O)(C(O)C(O)C(O)CO)C1(O)OC[C@@H](O)[C@H](O)[C@H]1O)C(O)C(O)C(O)C(O)CO. The summed E-state index contributed by atoms with van der Waals surface area (Å²) in [6.07, 6.45) is -25.1. The fraction of sp³-hybridized carbons (Fsp3) is 0.882. The van der Waals surface area contributed by atoms with E-state index in [0.29, 0.717) is 0 Å². The van der Waals surface area contributed by atoms with Crippen LogP contribution in [0, 0.1) is 0 Å². The van der Waals surface area contributed by atoms with Crippen molar-refractivity contribution in [3.05, 3.63) is 0 Å². The molecule has 0 aromatic heterocycles. The quantitative estimate of drug-likeness (QED) is 0.0857. The van der Waals surface area contributed by atoms with Gasteiger partial charge in [-0.15, -0.1) is 0 Å². The Morgan fingerprint density at radius 2 is 1.39 bits per heavy atom. The van der Waals surface area contributed by atoms with Crippen LogP contribution in [0.25, 0.3) is 0 Å². The maximum Gasteiger partial charge on any atom is 0.395 e. The molecule has 1 aliphatic rings. The molecule has 0 spiro atoms. The Hall–Kier alpha value is -1.66. The predicted octanol–water partition coefficient (Wildman–Crippen LogP) is -9.97. The van der Waals surface area contributed by atoms with Crippen molar-refractivity contribution in [1.82, 2.24) is 0 Å². The van der Waals surface area contributed by atoms with E-state index >= 15 is 0 Å². The van der Waals surface area contributed by atoms with Crippen molar-refractivity contribution in [2.75, 3.05) is 19.8 Å². The Labute approximate surface area is 200 Å². The lowest BCUT2D eigenvalue weighted by Gasteiger charge is -2.50. The van der Waals surface area contributed by atoms with Gasteiger partial charge < -0.3 is 76.2 Å². The number of aliphatic hydroxyl groups is 14. The van der Waals surface area contributed by atoms with E-state index < -0.39 is 104 Å². The number of ether oxygens (including phenoxy) is 1. The lowest BCUT2D eigenvalue weighted by atomic mass is 9.77. The molecule has 212 valence electrons. The molecule has 0 aliphatic carbocycles. The first-order chi connectivity index (χ1) is 16.5. The van der Waals surface area contributed by atoms with Gasteiger partial charge in [-0.3, -0.25) is 0 Å². The van der Waals surface area contributed by atoms with Gasteiger partial charge in [0, 0.05) is 0 Å². The van der Waals surface area contributed by atoms with Gasteiger partial charge in [0.2, 0.25) is 5.79 Å². The maximum atomic E-state index is 12.6. The van der Waals surface area contributed by atoms with E-state index in [1.54, 1.807) is 0 Å². The van der Waals surface area contributed by atoms with Crippen molar-refractivity contribution in [2.24, 2.45) is 0 Å². The highest BCUT2D eigenvalue weighted by Crippen LogP contribution is 2.38. The zero-order valence-electron chi connectivity index (χ0n) is 18.2. The molecule has 19 heteroatoms. The first-order valence-corrected chi connectivity index (χ1v) is 10.1. The van der Waals surface area contributed by atoms with E-state index in [2.05, 4.69) is 14.5 Å². The second kappa shape index (κ2) is 12.7. The molecular weight excluding hydrogens is 508 g/mol. The molecule has 1 rings (SSSR count). The number of hydrogen-bond donors (Lipinski definition) is 14. The minimum atomic E-state index is -4.19. The van der Waals surface area contributed by atoms with Gasteiger partial charge in [-0.2, -0.15) is 0 Å². The van der Waals surface area contributed by atoms with Crippen molar-refractivity contribution < 1.29 is 95.6 Å². The lowest BCUT2D eigenvalue weighted by molar-refractivity contribution is -0.397. The Balaban J connectivity index is 3.25. The molecule has 1 heterocycles. The number of aliphatic hydroxyl groups excluding tert-OH is 12. The van der Waals surface area contributed by atoms with E-state index in [0.717, 1.165) is 0 Å². The highest BCUT2D eigenvalue weighted by molar-refractivity contribution is 5.83. The zero-order chi connectivity index (χ0) is 28.2. The van der Waals surface area contributed by atoms with Crippen LogP contribution in [0.2, 0.25) is 0 Å². The Kier molecular flexibility index (Phi) is 11.4. The van der Waals surface area contributed by atoms with Gasteiger partial charge >= 0.3 is 11.9 Å². The predicted molar refractivity (Wildman–Crippen MR) is 102 cm³/mol. The van der Waals surface area contributed by atoms with Crippen molar-refractivity contribution in [2.45, 2.75) is 72.4 Å². The zero-order valence-corrected chi connectivity index (χ0v) is 18.2. The molecule has 14 N–H and O–H groups in total. The molecule has 0 aromatic rings. The van der Waals surface area contributed by atoms with Crippen LogP contribution in [0.5, 0.6) is 0 Å². The molecule has 19 nitrogen and oxygen atoms in total. The van der Waals surface area contributed by atoms with Gasteiger partial charge in [-0.1, -0.05) is 0 Å². The third-order valence-electron chi connectivity index (χ3n) is 5.48. The smallest absolute Gasteiger partial charge is 0.394 e. The van der Waals surface area contributed by atoms with Gasteiger partial charge in [0.15, 0.2) is 6.10 Å². The standard InChI is InChI=1S/C17H30O19/c18-1-4(20)7(23)10(26)11(27)14(30)35-36-15(31)16(32,12(28)8(24)5(21)2-19)17(33)13(29)9(25)6(22)3-34-17/h4-13,18-29,32-33H,1-3H2/t4?,5?,6-,7?,8?,9+,10?,11?,12?,13-,16?,17?/m1/s1. The second-order valence-electron chi connectivity index (χ2n) is 7.91. The first kappa shape index (κ1) is 32.4. The average molecular weight is 538 g/mol. The fourth-order valence-electron chi connectivity index (χ4n) is 3.07. The van der Waals surface area contributed by atoms with Gasteiger partial charge in [0.05, 0.1) is 19.8 Å². The van der Waals surface area contributed by atoms with Gasteiger partial charge in [0.1, 0.15) is 54.9 Å². The molecule has 0 radical (unpaired) electrons. The maximum absolute atomic E-state index is 12.6. The molecule has 9 unspecified atom stereocenters. The summed E-state index contributed by atoms with van der Waals surface area (Å²) in [4.78, 5) is 32.2. The molecule has 36 heavy (non-hydrogen) atoms. The van der Waals surface area contributed by atoms with E-state index in [-0.39, 0.29) is 0 Å². The molecular formula is C17H30O19. The molecule has 1 saturated heterocycles. The topological polar surface area (TPSA) is 345 Å². The van der Waals surface area contributed by atoms with Crippen LogP contribution in [0.15, 0.2) is 0 Å². The van der Waals surface area contributed by atoms with E-state index in [9.17, 15) is 70.9 Å². The van der Waals surface area contributed by atoms with Crippen LogP contribution in [-0.4, -0.2) is 176 Å². The monoisotopic (exact) mass is 538 g/mol. The molecule has 1 fully saturated rings. The summed E-state index contributed by atoms with van der Waals surface area (Å²) >= 11 is 0. The molecule has 1 aliphatic heterocycles. The average Bonchev–Trinajstić information content (AvgIpc) is 2.88. The third kappa shape index (κ3) is 6.07. The summed E-state index contributed by atoms with van der Waals surface area (Å²) in [6.45, 7) is -3.54.